The fourth-order valence-electron chi connectivity index (χ4n) is 2.68. The van der Waals surface area contributed by atoms with Crippen molar-refractivity contribution in [3.05, 3.63) is 83.4 Å². The van der Waals surface area contributed by atoms with Gasteiger partial charge in [-0.1, -0.05) is 60.1 Å². The number of nitrogens with one attached hydrogen (secondary N) is 3. The van der Waals surface area contributed by atoms with Crippen molar-refractivity contribution in [1.29, 1.82) is 0 Å². The maximum absolute atomic E-state index is 12.2. The number of hydrogen-bond acceptors (Lipinski definition) is 4. The van der Waals surface area contributed by atoms with E-state index in [4.69, 9.17) is 28.6 Å². The molecule has 0 aliphatic rings. The number of thiocarbonyl (C=S) groups is 1. The van der Waals surface area contributed by atoms with Crippen LogP contribution in [0.25, 0.3) is 16.8 Å². The van der Waals surface area contributed by atoms with Crippen LogP contribution in [0.5, 0.6) is 5.75 Å². The third-order valence-corrected chi connectivity index (χ3v) is 4.81. The number of hydrogen-bond donors (Lipinski definition) is 3. The zero-order valence-corrected chi connectivity index (χ0v) is 18.2. The predicted molar refractivity (Wildman–Crippen MR) is 127 cm³/mol. The Kier molecular flexibility index (Phi) is 7.59. The largest absolute Gasteiger partial charge is 0.481 e. The lowest BCUT2D eigenvalue weighted by Crippen LogP contribution is -2.51. The molecular weight excluding hydrogens is 434 g/mol. The Hall–Kier alpha value is -3.42. The topological polar surface area (TPSA) is 79.5 Å². The van der Waals surface area contributed by atoms with Crippen LogP contribution in [0.15, 0.2) is 72.8 Å². The summed E-state index contributed by atoms with van der Waals surface area (Å²) in [6.45, 7) is 1.61. The third kappa shape index (κ3) is 6.53. The van der Waals surface area contributed by atoms with E-state index in [2.05, 4.69) is 16.2 Å². The number of amides is 2. The highest BCUT2D eigenvalue weighted by Gasteiger charge is 2.15. The minimum absolute atomic E-state index is 0.0555. The Labute approximate surface area is 190 Å². The van der Waals surface area contributed by atoms with Crippen LogP contribution in [0.1, 0.15) is 12.5 Å². The molecule has 0 heterocycles. The van der Waals surface area contributed by atoms with Crippen LogP contribution in [0.2, 0.25) is 5.02 Å². The standard InChI is InChI=1S/C23H20ClN3O3S/c1-15(30-19-12-10-16-6-2-3-8-18(16)14-19)22(29)26-27-23(31)25-21(28)13-11-17-7-4-5-9-20(17)24/h2-15H,1H3,(H,26,29)(H2,25,27,28,31)/b13-11+. The number of hydrazine groups is 1. The highest BCUT2D eigenvalue weighted by atomic mass is 35.5. The van der Waals surface area contributed by atoms with Gasteiger partial charge in [-0.15, -0.1) is 0 Å². The molecule has 0 aromatic heterocycles. The molecule has 2 amide bonds. The van der Waals surface area contributed by atoms with Crippen molar-refractivity contribution in [2.24, 2.45) is 0 Å². The van der Waals surface area contributed by atoms with Gasteiger partial charge in [-0.3, -0.25) is 25.8 Å². The van der Waals surface area contributed by atoms with E-state index in [0.29, 0.717) is 16.3 Å². The van der Waals surface area contributed by atoms with Gasteiger partial charge in [0.05, 0.1) is 0 Å². The van der Waals surface area contributed by atoms with Crippen molar-refractivity contribution < 1.29 is 14.3 Å². The van der Waals surface area contributed by atoms with E-state index in [1.165, 1.54) is 6.08 Å². The Morgan fingerprint density at radius 1 is 1.00 bits per heavy atom. The normalized spacial score (nSPS) is 11.7. The molecule has 0 aliphatic heterocycles. The van der Waals surface area contributed by atoms with Crippen molar-refractivity contribution in [2.75, 3.05) is 0 Å². The van der Waals surface area contributed by atoms with Gasteiger partial charge in [-0.25, -0.2) is 0 Å². The molecule has 3 rings (SSSR count). The second-order valence-corrected chi connectivity index (χ2v) is 7.37. The quantitative estimate of drug-likeness (QED) is 0.309. The van der Waals surface area contributed by atoms with Crippen LogP contribution in [0, 0.1) is 0 Å². The molecule has 0 spiro atoms. The van der Waals surface area contributed by atoms with Crippen LogP contribution < -0.4 is 20.9 Å². The number of carbonyl (C=O) groups excluding carboxylic acids is 2. The van der Waals surface area contributed by atoms with E-state index >= 15 is 0 Å². The lowest BCUT2D eigenvalue weighted by Gasteiger charge is -2.16. The molecule has 0 aliphatic carbocycles. The molecule has 31 heavy (non-hydrogen) atoms. The predicted octanol–water partition coefficient (Wildman–Crippen LogP) is 4.00. The molecule has 1 unspecified atom stereocenters. The fraction of sp³-hybridized carbons (Fsp3) is 0.0870. The summed E-state index contributed by atoms with van der Waals surface area (Å²) in [4.78, 5) is 24.2. The summed E-state index contributed by atoms with van der Waals surface area (Å²) < 4.78 is 5.69. The summed E-state index contributed by atoms with van der Waals surface area (Å²) in [5.41, 5.74) is 5.59. The number of ether oxygens (including phenoxy) is 1. The number of carbonyl (C=O) groups is 2. The molecule has 3 aromatic rings. The lowest BCUT2D eigenvalue weighted by atomic mass is 10.1. The average molecular weight is 454 g/mol. The molecule has 0 saturated heterocycles. The second-order valence-electron chi connectivity index (χ2n) is 6.56. The Balaban J connectivity index is 1.46. The van der Waals surface area contributed by atoms with Crippen molar-refractivity contribution in [1.82, 2.24) is 16.2 Å². The van der Waals surface area contributed by atoms with Crippen LogP contribution in [0.4, 0.5) is 0 Å². The van der Waals surface area contributed by atoms with Gasteiger partial charge < -0.3 is 4.74 Å². The zero-order chi connectivity index (χ0) is 22.2. The zero-order valence-electron chi connectivity index (χ0n) is 16.6. The van der Waals surface area contributed by atoms with Crippen LogP contribution in [-0.2, 0) is 9.59 Å². The van der Waals surface area contributed by atoms with E-state index < -0.39 is 17.9 Å². The molecule has 0 bridgehead atoms. The van der Waals surface area contributed by atoms with Gasteiger partial charge in [0.15, 0.2) is 11.2 Å². The first-order chi connectivity index (χ1) is 14.9. The van der Waals surface area contributed by atoms with Crippen LogP contribution >= 0.6 is 23.8 Å². The third-order valence-electron chi connectivity index (χ3n) is 4.26. The Morgan fingerprint density at radius 2 is 1.71 bits per heavy atom. The molecule has 8 heteroatoms. The maximum Gasteiger partial charge on any atom is 0.279 e. The first kappa shape index (κ1) is 22.3. The number of fused-ring (bicyclic) bond motifs is 1. The van der Waals surface area contributed by atoms with Gasteiger partial charge in [-0.2, -0.15) is 0 Å². The minimum Gasteiger partial charge on any atom is -0.481 e. The minimum atomic E-state index is -0.785. The second kappa shape index (κ2) is 10.6. The van der Waals surface area contributed by atoms with Gasteiger partial charge in [0.25, 0.3) is 5.91 Å². The number of halogens is 1. The summed E-state index contributed by atoms with van der Waals surface area (Å²) in [7, 11) is 0. The van der Waals surface area contributed by atoms with Crippen molar-refractivity contribution in [3.63, 3.8) is 0 Å². The van der Waals surface area contributed by atoms with E-state index in [1.54, 1.807) is 37.3 Å². The summed E-state index contributed by atoms with van der Waals surface area (Å²) in [6.07, 6.45) is 2.08. The van der Waals surface area contributed by atoms with E-state index in [9.17, 15) is 9.59 Å². The van der Waals surface area contributed by atoms with E-state index in [-0.39, 0.29) is 5.11 Å². The highest BCUT2D eigenvalue weighted by Crippen LogP contribution is 2.21. The van der Waals surface area contributed by atoms with Gasteiger partial charge in [0.1, 0.15) is 5.75 Å². The van der Waals surface area contributed by atoms with E-state index in [0.717, 1.165) is 10.8 Å². The van der Waals surface area contributed by atoms with Gasteiger partial charge in [-0.05, 0) is 59.8 Å². The first-order valence-electron chi connectivity index (χ1n) is 9.41. The van der Waals surface area contributed by atoms with Gasteiger partial charge in [0.2, 0.25) is 5.91 Å². The fourth-order valence-corrected chi connectivity index (χ4v) is 3.03. The highest BCUT2D eigenvalue weighted by molar-refractivity contribution is 7.80. The molecule has 0 fully saturated rings. The van der Waals surface area contributed by atoms with Gasteiger partial charge >= 0.3 is 0 Å². The van der Waals surface area contributed by atoms with Crippen molar-refractivity contribution in [3.8, 4) is 5.75 Å². The first-order valence-corrected chi connectivity index (χ1v) is 10.2. The Morgan fingerprint density at radius 3 is 2.48 bits per heavy atom. The lowest BCUT2D eigenvalue weighted by molar-refractivity contribution is -0.128. The summed E-state index contributed by atoms with van der Waals surface area (Å²) >= 11 is 11.0. The molecule has 6 nitrogen and oxygen atoms in total. The monoisotopic (exact) mass is 453 g/mol. The molecule has 3 aromatic carbocycles. The Bertz CT molecular complexity index is 1150. The number of benzene rings is 3. The molecular formula is C23H20ClN3O3S. The molecule has 1 atom stereocenters. The van der Waals surface area contributed by atoms with Crippen LogP contribution in [-0.4, -0.2) is 23.0 Å². The molecule has 158 valence electrons. The average Bonchev–Trinajstić information content (AvgIpc) is 2.76. The van der Waals surface area contributed by atoms with Crippen LogP contribution in [0.3, 0.4) is 0 Å². The molecule has 0 saturated carbocycles. The SMILES string of the molecule is CC(Oc1ccc2ccccc2c1)C(=O)NNC(=S)NC(=O)/C=C/c1ccccc1Cl. The van der Waals surface area contributed by atoms with Crippen molar-refractivity contribution in [2.45, 2.75) is 13.0 Å². The molecule has 0 radical (unpaired) electrons. The number of rotatable bonds is 5. The molecule has 3 N–H and O–H groups in total. The summed E-state index contributed by atoms with van der Waals surface area (Å²) in [5, 5.41) is 5.00. The maximum atomic E-state index is 12.2. The summed E-state index contributed by atoms with van der Waals surface area (Å²) in [5.74, 6) is -0.342. The smallest absolute Gasteiger partial charge is 0.279 e. The van der Waals surface area contributed by atoms with Gasteiger partial charge in [0, 0.05) is 11.1 Å². The summed E-state index contributed by atoms with van der Waals surface area (Å²) in [6, 6.07) is 20.6. The van der Waals surface area contributed by atoms with Crippen molar-refractivity contribution >= 4 is 57.6 Å². The van der Waals surface area contributed by atoms with E-state index in [1.807, 2.05) is 42.5 Å².